The molecular weight excluding hydrogens is 460 g/mol. The molecule has 0 saturated carbocycles. The maximum absolute atomic E-state index is 13.1. The van der Waals surface area contributed by atoms with Gasteiger partial charge in [-0.1, -0.05) is 54.1 Å². The number of halogens is 1. The third-order valence-electron chi connectivity index (χ3n) is 6.54. The highest BCUT2D eigenvalue weighted by molar-refractivity contribution is 7.89. The second-order valence-corrected chi connectivity index (χ2v) is 11.1. The third kappa shape index (κ3) is 4.45. The number of rotatable bonds is 5. The Morgan fingerprint density at radius 3 is 2.58 bits per heavy atom. The van der Waals surface area contributed by atoms with Crippen molar-refractivity contribution in [3.63, 3.8) is 0 Å². The van der Waals surface area contributed by atoms with Crippen molar-refractivity contribution >= 4 is 44.2 Å². The molecular formula is C25H25ClN2O4S. The number of fused-ring (bicyclic) bond motifs is 2. The molecule has 0 aromatic heterocycles. The zero-order valence-corrected chi connectivity index (χ0v) is 19.7. The molecule has 0 aliphatic carbocycles. The number of amides is 1. The van der Waals surface area contributed by atoms with E-state index in [2.05, 4.69) is 0 Å². The Balaban J connectivity index is 1.26. The van der Waals surface area contributed by atoms with Crippen LogP contribution in [0.25, 0.3) is 10.8 Å². The Labute approximate surface area is 198 Å². The molecule has 0 radical (unpaired) electrons. The molecule has 0 atom stereocenters. The fourth-order valence-electron chi connectivity index (χ4n) is 4.81. The third-order valence-corrected chi connectivity index (χ3v) is 8.65. The van der Waals surface area contributed by atoms with Gasteiger partial charge in [0.15, 0.2) is 0 Å². The van der Waals surface area contributed by atoms with Gasteiger partial charge in [-0.3, -0.25) is 4.90 Å². The number of nitrogens with zero attached hydrogens (tertiary/aromatic N) is 2. The van der Waals surface area contributed by atoms with Crippen LogP contribution in [-0.4, -0.2) is 43.7 Å². The van der Waals surface area contributed by atoms with Crippen molar-refractivity contribution in [1.82, 2.24) is 4.31 Å². The van der Waals surface area contributed by atoms with Gasteiger partial charge in [-0.2, -0.15) is 0 Å². The number of carbonyl (C=O) groups excluding carboxylic acids is 1. The topological polar surface area (TPSA) is 66.9 Å². The molecule has 0 spiro atoms. The Morgan fingerprint density at radius 1 is 1.00 bits per heavy atom. The normalized spacial score (nSPS) is 17.7. The molecule has 2 aliphatic rings. The molecule has 1 saturated heterocycles. The fourth-order valence-corrected chi connectivity index (χ4v) is 6.51. The fraction of sp³-hybridized carbons (Fsp3) is 0.320. The van der Waals surface area contributed by atoms with Crippen molar-refractivity contribution in [2.45, 2.75) is 31.9 Å². The van der Waals surface area contributed by atoms with Gasteiger partial charge in [0.25, 0.3) is 0 Å². The average molecular weight is 485 g/mol. The number of cyclic esters (lactones) is 1. The van der Waals surface area contributed by atoms with E-state index < -0.39 is 10.0 Å². The lowest BCUT2D eigenvalue weighted by Gasteiger charge is -2.39. The highest BCUT2D eigenvalue weighted by atomic mass is 35.5. The van der Waals surface area contributed by atoms with E-state index in [1.807, 2.05) is 54.6 Å². The summed E-state index contributed by atoms with van der Waals surface area (Å²) in [7, 11) is -3.40. The quantitative estimate of drug-likeness (QED) is 0.512. The number of benzene rings is 3. The summed E-state index contributed by atoms with van der Waals surface area (Å²) in [4.78, 5) is 14.2. The van der Waals surface area contributed by atoms with Gasteiger partial charge in [0.05, 0.1) is 11.4 Å². The SMILES string of the molecule is O=C1OCc2cc(Cl)ccc2N1C1CCN(S(=O)(=O)CCc2cccc3ccccc23)CC1. The van der Waals surface area contributed by atoms with Crippen LogP contribution >= 0.6 is 11.6 Å². The maximum atomic E-state index is 13.1. The maximum Gasteiger partial charge on any atom is 0.414 e. The smallest absolute Gasteiger partial charge is 0.414 e. The number of aryl methyl sites for hydroxylation is 1. The van der Waals surface area contributed by atoms with E-state index >= 15 is 0 Å². The molecule has 2 aliphatic heterocycles. The number of hydrogen-bond donors (Lipinski definition) is 0. The van der Waals surface area contributed by atoms with Crippen molar-refractivity contribution in [2.24, 2.45) is 0 Å². The van der Waals surface area contributed by atoms with Gasteiger partial charge in [0.2, 0.25) is 10.0 Å². The molecule has 33 heavy (non-hydrogen) atoms. The second kappa shape index (κ2) is 8.97. The highest BCUT2D eigenvalue weighted by Gasteiger charge is 2.36. The van der Waals surface area contributed by atoms with Crippen LogP contribution in [0.1, 0.15) is 24.0 Å². The number of anilines is 1. The van der Waals surface area contributed by atoms with Gasteiger partial charge in [0.1, 0.15) is 6.61 Å². The largest absolute Gasteiger partial charge is 0.444 e. The van der Waals surface area contributed by atoms with Crippen LogP contribution in [0.4, 0.5) is 10.5 Å². The molecule has 0 unspecified atom stereocenters. The van der Waals surface area contributed by atoms with Crippen LogP contribution in [-0.2, 0) is 27.8 Å². The molecule has 0 bridgehead atoms. The Hall–Kier alpha value is -2.61. The van der Waals surface area contributed by atoms with Gasteiger partial charge in [0, 0.05) is 29.7 Å². The summed E-state index contributed by atoms with van der Waals surface area (Å²) in [5, 5.41) is 2.80. The second-order valence-electron chi connectivity index (χ2n) is 8.53. The Bertz CT molecular complexity index is 1300. The molecule has 1 fully saturated rings. The number of piperidine rings is 1. The monoisotopic (exact) mass is 484 g/mol. The van der Waals surface area contributed by atoms with Gasteiger partial charge in [-0.25, -0.2) is 17.5 Å². The Morgan fingerprint density at radius 2 is 1.76 bits per heavy atom. The highest BCUT2D eigenvalue weighted by Crippen LogP contribution is 2.34. The van der Waals surface area contributed by atoms with E-state index in [-0.39, 0.29) is 24.5 Å². The predicted octanol–water partition coefficient (Wildman–Crippen LogP) is 4.99. The van der Waals surface area contributed by atoms with Gasteiger partial charge in [-0.15, -0.1) is 0 Å². The first-order valence-corrected chi connectivity index (χ1v) is 13.1. The summed E-state index contributed by atoms with van der Waals surface area (Å²) in [6.07, 6.45) is 1.20. The summed E-state index contributed by atoms with van der Waals surface area (Å²) in [6.45, 7) is 0.969. The Kier molecular flexibility index (Phi) is 6.03. The summed E-state index contributed by atoms with van der Waals surface area (Å²) in [5.41, 5.74) is 2.71. The van der Waals surface area contributed by atoms with Crippen LogP contribution < -0.4 is 4.90 Å². The number of hydrogen-bond acceptors (Lipinski definition) is 4. The van der Waals surface area contributed by atoms with Crippen LogP contribution in [0.15, 0.2) is 60.7 Å². The van der Waals surface area contributed by atoms with Crippen LogP contribution in [0.2, 0.25) is 5.02 Å². The van der Waals surface area contributed by atoms with Crippen molar-refractivity contribution in [3.05, 3.63) is 76.8 Å². The lowest BCUT2D eigenvalue weighted by molar-refractivity contribution is 0.136. The van der Waals surface area contributed by atoms with Crippen molar-refractivity contribution in [2.75, 3.05) is 23.7 Å². The first-order chi connectivity index (χ1) is 15.9. The molecule has 0 N–H and O–H groups in total. The minimum absolute atomic E-state index is 0.0682. The number of carbonyl (C=O) groups is 1. The molecule has 1 amide bonds. The van der Waals surface area contributed by atoms with E-state index in [0.29, 0.717) is 37.4 Å². The van der Waals surface area contributed by atoms with Gasteiger partial charge < -0.3 is 4.74 Å². The van der Waals surface area contributed by atoms with E-state index in [1.165, 1.54) is 0 Å². The number of ether oxygens (including phenoxy) is 1. The molecule has 172 valence electrons. The standard InChI is InChI=1S/C25H25ClN2O4S/c26-21-8-9-24-20(16-21)17-32-25(29)28(24)22-10-13-27(14-11-22)33(30,31)15-12-19-6-3-5-18-4-1-2-7-23(18)19/h1-9,16,22H,10-15,17H2. The first-order valence-electron chi connectivity index (χ1n) is 11.1. The zero-order valence-electron chi connectivity index (χ0n) is 18.1. The van der Waals surface area contributed by atoms with Gasteiger partial charge in [-0.05, 0) is 53.8 Å². The van der Waals surface area contributed by atoms with Crippen molar-refractivity contribution in [1.29, 1.82) is 0 Å². The molecule has 6 nitrogen and oxygen atoms in total. The van der Waals surface area contributed by atoms with Crippen LogP contribution in [0.5, 0.6) is 0 Å². The molecule has 3 aromatic carbocycles. The van der Waals surface area contributed by atoms with Gasteiger partial charge >= 0.3 is 6.09 Å². The molecule has 8 heteroatoms. The lowest BCUT2D eigenvalue weighted by atomic mass is 10.0. The van der Waals surface area contributed by atoms with E-state index in [0.717, 1.165) is 27.6 Å². The lowest BCUT2D eigenvalue weighted by Crippen LogP contribution is -2.50. The number of sulfonamides is 1. The molecule has 5 rings (SSSR count). The summed E-state index contributed by atoms with van der Waals surface area (Å²) in [6, 6.07) is 19.3. The minimum atomic E-state index is -3.40. The van der Waals surface area contributed by atoms with Crippen molar-refractivity contribution in [3.8, 4) is 0 Å². The van der Waals surface area contributed by atoms with E-state index in [4.69, 9.17) is 16.3 Å². The average Bonchev–Trinajstić information content (AvgIpc) is 2.83. The molecule has 2 heterocycles. The minimum Gasteiger partial charge on any atom is -0.444 e. The predicted molar refractivity (Wildman–Crippen MR) is 130 cm³/mol. The zero-order chi connectivity index (χ0) is 23.0. The summed E-state index contributed by atoms with van der Waals surface area (Å²) < 4.78 is 33.1. The summed E-state index contributed by atoms with van der Waals surface area (Å²) >= 11 is 6.09. The van der Waals surface area contributed by atoms with E-state index in [9.17, 15) is 13.2 Å². The van der Waals surface area contributed by atoms with E-state index in [1.54, 1.807) is 15.3 Å². The van der Waals surface area contributed by atoms with Crippen molar-refractivity contribution < 1.29 is 17.9 Å². The summed E-state index contributed by atoms with van der Waals surface area (Å²) in [5.74, 6) is 0.0682. The van der Waals surface area contributed by atoms with Crippen LogP contribution in [0, 0.1) is 0 Å². The first kappa shape index (κ1) is 22.2. The molecule has 3 aromatic rings. The van der Waals surface area contributed by atoms with Crippen LogP contribution in [0.3, 0.4) is 0 Å².